The van der Waals surface area contributed by atoms with Crippen molar-refractivity contribution in [1.82, 2.24) is 0 Å². The van der Waals surface area contributed by atoms with Crippen LogP contribution in [0.25, 0.3) is 33.1 Å². The highest BCUT2D eigenvalue weighted by atomic mass is 35.5. The van der Waals surface area contributed by atoms with E-state index in [1.54, 1.807) is 0 Å². The van der Waals surface area contributed by atoms with Crippen molar-refractivity contribution in [2.24, 2.45) is 0 Å². The lowest BCUT2D eigenvalue weighted by Crippen LogP contribution is -1.83. The minimum atomic E-state index is 0.676. The van der Waals surface area contributed by atoms with Crippen molar-refractivity contribution in [3.05, 3.63) is 65.7 Å². The van der Waals surface area contributed by atoms with Crippen molar-refractivity contribution in [3.63, 3.8) is 0 Å². The Morgan fingerprint density at radius 2 is 1.57 bits per heavy atom. The van der Waals surface area contributed by atoms with Gasteiger partial charge in [0.2, 0.25) is 0 Å². The fraction of sp³-hybridized carbons (Fsp3) is 0. The van der Waals surface area contributed by atoms with Gasteiger partial charge in [0, 0.05) is 31.8 Å². The highest BCUT2D eigenvalue weighted by Crippen LogP contribution is 2.40. The van der Waals surface area contributed by atoms with E-state index in [9.17, 15) is 0 Å². The summed E-state index contributed by atoms with van der Waals surface area (Å²) in [6, 6.07) is 19.9. The molecule has 0 fully saturated rings. The van der Waals surface area contributed by atoms with Gasteiger partial charge in [-0.3, -0.25) is 0 Å². The Hall–Kier alpha value is -1.90. The SMILES string of the molecule is Sc1cccc(Cl)c1-c1cccc2c1oc1ccccc12. The predicted molar refractivity (Wildman–Crippen MR) is 91.4 cm³/mol. The molecule has 0 radical (unpaired) electrons. The Bertz CT molecular complexity index is 951. The van der Waals surface area contributed by atoms with E-state index in [0.29, 0.717) is 5.02 Å². The van der Waals surface area contributed by atoms with Gasteiger partial charge in [0.15, 0.2) is 0 Å². The average molecular weight is 311 g/mol. The number of furan rings is 1. The van der Waals surface area contributed by atoms with E-state index >= 15 is 0 Å². The molecule has 0 aliphatic rings. The summed E-state index contributed by atoms with van der Waals surface area (Å²) in [5.41, 5.74) is 3.61. The smallest absolute Gasteiger partial charge is 0.143 e. The third kappa shape index (κ3) is 1.95. The first kappa shape index (κ1) is 12.8. The summed E-state index contributed by atoms with van der Waals surface area (Å²) < 4.78 is 6.06. The summed E-state index contributed by atoms with van der Waals surface area (Å²) in [7, 11) is 0. The van der Waals surface area contributed by atoms with Gasteiger partial charge < -0.3 is 4.42 Å². The lowest BCUT2D eigenvalue weighted by molar-refractivity contribution is 0.670. The topological polar surface area (TPSA) is 13.1 Å². The summed E-state index contributed by atoms with van der Waals surface area (Å²) in [5.74, 6) is 0. The molecule has 0 N–H and O–H groups in total. The van der Waals surface area contributed by atoms with Crippen LogP contribution in [0.15, 0.2) is 70.0 Å². The van der Waals surface area contributed by atoms with E-state index in [4.69, 9.17) is 16.0 Å². The summed E-state index contributed by atoms with van der Waals surface area (Å²) in [6.07, 6.45) is 0. The van der Waals surface area contributed by atoms with Crippen LogP contribution in [-0.2, 0) is 0 Å². The van der Waals surface area contributed by atoms with E-state index in [0.717, 1.165) is 38.0 Å². The quantitative estimate of drug-likeness (QED) is 0.413. The van der Waals surface area contributed by atoms with Gasteiger partial charge in [-0.15, -0.1) is 12.6 Å². The van der Waals surface area contributed by atoms with Crippen molar-refractivity contribution >= 4 is 46.2 Å². The molecule has 21 heavy (non-hydrogen) atoms. The molecular weight excluding hydrogens is 300 g/mol. The van der Waals surface area contributed by atoms with E-state index in [1.165, 1.54) is 0 Å². The number of fused-ring (bicyclic) bond motifs is 3. The number of para-hydroxylation sites is 2. The van der Waals surface area contributed by atoms with Gasteiger partial charge in [-0.25, -0.2) is 0 Å². The Morgan fingerprint density at radius 3 is 2.43 bits per heavy atom. The maximum Gasteiger partial charge on any atom is 0.143 e. The van der Waals surface area contributed by atoms with Gasteiger partial charge in [-0.2, -0.15) is 0 Å². The Morgan fingerprint density at radius 1 is 0.810 bits per heavy atom. The molecule has 3 aromatic carbocycles. The molecule has 1 heterocycles. The zero-order valence-corrected chi connectivity index (χ0v) is 12.7. The van der Waals surface area contributed by atoms with E-state index in [2.05, 4.69) is 24.8 Å². The van der Waals surface area contributed by atoms with Crippen molar-refractivity contribution in [2.45, 2.75) is 4.90 Å². The number of hydrogen-bond donors (Lipinski definition) is 1. The largest absolute Gasteiger partial charge is 0.455 e. The van der Waals surface area contributed by atoms with E-state index in [1.807, 2.05) is 48.5 Å². The molecular formula is C18H11ClOS. The summed E-state index contributed by atoms with van der Waals surface area (Å²) in [5, 5.41) is 2.88. The molecule has 4 rings (SSSR count). The standard InChI is InChI=1S/C18H11ClOS/c19-14-8-4-10-16(21)17(14)13-7-3-6-12-11-5-1-2-9-15(11)20-18(12)13/h1-10,21H. The van der Waals surface area contributed by atoms with Crippen LogP contribution in [-0.4, -0.2) is 0 Å². The molecule has 0 spiro atoms. The average Bonchev–Trinajstić information content (AvgIpc) is 2.87. The van der Waals surface area contributed by atoms with Crippen LogP contribution < -0.4 is 0 Å². The van der Waals surface area contributed by atoms with Crippen molar-refractivity contribution in [2.75, 3.05) is 0 Å². The summed E-state index contributed by atoms with van der Waals surface area (Å²) in [6.45, 7) is 0. The highest BCUT2D eigenvalue weighted by molar-refractivity contribution is 7.80. The van der Waals surface area contributed by atoms with Gasteiger partial charge in [0.1, 0.15) is 11.2 Å². The first-order chi connectivity index (χ1) is 10.3. The lowest BCUT2D eigenvalue weighted by atomic mass is 10.0. The Labute approximate surface area is 132 Å². The normalized spacial score (nSPS) is 11.3. The molecule has 0 saturated carbocycles. The molecule has 0 saturated heterocycles. The molecule has 4 aromatic rings. The first-order valence-electron chi connectivity index (χ1n) is 6.64. The predicted octanol–water partition coefficient (Wildman–Crippen LogP) is 6.20. The van der Waals surface area contributed by atoms with Crippen molar-refractivity contribution < 1.29 is 4.42 Å². The van der Waals surface area contributed by atoms with Crippen LogP contribution in [0.2, 0.25) is 5.02 Å². The van der Waals surface area contributed by atoms with Crippen LogP contribution >= 0.6 is 24.2 Å². The zero-order valence-electron chi connectivity index (χ0n) is 11.0. The molecule has 1 aromatic heterocycles. The maximum atomic E-state index is 6.37. The first-order valence-corrected chi connectivity index (χ1v) is 7.46. The molecule has 0 aliphatic carbocycles. The van der Waals surface area contributed by atoms with Gasteiger partial charge in [-0.05, 0) is 18.2 Å². The second kappa shape index (κ2) is 4.83. The third-order valence-electron chi connectivity index (χ3n) is 3.67. The molecule has 3 heteroatoms. The Kier molecular flexibility index (Phi) is 2.95. The number of benzene rings is 3. The fourth-order valence-electron chi connectivity index (χ4n) is 2.72. The number of halogens is 1. The van der Waals surface area contributed by atoms with E-state index < -0.39 is 0 Å². The second-order valence-corrected chi connectivity index (χ2v) is 5.80. The van der Waals surface area contributed by atoms with Crippen LogP contribution in [0, 0.1) is 0 Å². The fourth-order valence-corrected chi connectivity index (χ4v) is 3.39. The number of thiol groups is 1. The van der Waals surface area contributed by atoms with Gasteiger partial charge >= 0.3 is 0 Å². The van der Waals surface area contributed by atoms with Crippen molar-refractivity contribution in [3.8, 4) is 11.1 Å². The third-order valence-corrected chi connectivity index (χ3v) is 4.35. The van der Waals surface area contributed by atoms with Crippen molar-refractivity contribution in [1.29, 1.82) is 0 Å². The lowest BCUT2D eigenvalue weighted by Gasteiger charge is -2.08. The minimum absolute atomic E-state index is 0.676. The maximum absolute atomic E-state index is 6.37. The molecule has 1 nitrogen and oxygen atoms in total. The molecule has 0 atom stereocenters. The van der Waals surface area contributed by atoms with Gasteiger partial charge in [-0.1, -0.05) is 54.1 Å². The van der Waals surface area contributed by atoms with Crippen LogP contribution in [0.3, 0.4) is 0 Å². The summed E-state index contributed by atoms with van der Waals surface area (Å²) in [4.78, 5) is 0.843. The summed E-state index contributed by atoms with van der Waals surface area (Å²) >= 11 is 10.9. The molecule has 0 amide bonds. The molecule has 102 valence electrons. The second-order valence-electron chi connectivity index (χ2n) is 4.91. The van der Waals surface area contributed by atoms with E-state index in [-0.39, 0.29) is 0 Å². The monoisotopic (exact) mass is 310 g/mol. The van der Waals surface area contributed by atoms with Gasteiger partial charge in [0.25, 0.3) is 0 Å². The molecule has 0 aliphatic heterocycles. The van der Waals surface area contributed by atoms with Crippen LogP contribution in [0.4, 0.5) is 0 Å². The van der Waals surface area contributed by atoms with Crippen LogP contribution in [0.5, 0.6) is 0 Å². The zero-order chi connectivity index (χ0) is 14.4. The number of hydrogen-bond acceptors (Lipinski definition) is 2. The van der Waals surface area contributed by atoms with Gasteiger partial charge in [0.05, 0.1) is 0 Å². The molecule has 0 unspecified atom stereocenters. The Balaban J connectivity index is 2.15. The number of rotatable bonds is 1. The van der Waals surface area contributed by atoms with Crippen LogP contribution in [0.1, 0.15) is 0 Å². The highest BCUT2D eigenvalue weighted by Gasteiger charge is 2.15. The molecule has 0 bridgehead atoms. The minimum Gasteiger partial charge on any atom is -0.455 e.